The minimum atomic E-state index is -0.207. The quantitative estimate of drug-likeness (QED) is 0.631. The maximum Gasteiger partial charge on any atom is 0.243 e. The highest BCUT2D eigenvalue weighted by Gasteiger charge is 2.16. The maximum absolute atomic E-state index is 12.5. The van der Waals surface area contributed by atoms with Crippen molar-refractivity contribution in [3.63, 3.8) is 0 Å². The normalized spacial score (nSPS) is 10.7. The second-order valence-corrected chi connectivity index (χ2v) is 7.74. The molecule has 0 bridgehead atoms. The van der Waals surface area contributed by atoms with Gasteiger partial charge in [0.15, 0.2) is 11.5 Å². The number of rotatable bonds is 10. The van der Waals surface area contributed by atoms with E-state index in [-0.39, 0.29) is 24.9 Å². The van der Waals surface area contributed by atoms with E-state index in [9.17, 15) is 9.59 Å². The average Bonchev–Trinajstić information content (AvgIpc) is 2.74. The molecule has 7 nitrogen and oxygen atoms in total. The van der Waals surface area contributed by atoms with Crippen molar-refractivity contribution in [3.8, 4) is 11.5 Å². The number of methoxy groups -OCH3 is 2. The smallest absolute Gasteiger partial charge is 0.243 e. The van der Waals surface area contributed by atoms with Gasteiger partial charge in [0.2, 0.25) is 11.8 Å². The summed E-state index contributed by atoms with van der Waals surface area (Å²) in [7, 11) is 6.76. The average molecular weight is 428 g/mol. The summed E-state index contributed by atoms with van der Waals surface area (Å²) in [5.41, 5.74) is 3.90. The van der Waals surface area contributed by atoms with Gasteiger partial charge in [-0.3, -0.25) is 14.5 Å². The van der Waals surface area contributed by atoms with Crippen LogP contribution in [0.15, 0.2) is 36.4 Å². The Hall–Kier alpha value is -3.06. The number of benzene rings is 2. The lowest BCUT2D eigenvalue weighted by molar-refractivity contribution is -0.134. The number of hydrogen-bond donors (Lipinski definition) is 1. The Bertz CT molecular complexity index is 893. The molecular weight excluding hydrogens is 394 g/mol. The molecule has 0 saturated heterocycles. The van der Waals surface area contributed by atoms with E-state index in [1.54, 1.807) is 21.3 Å². The van der Waals surface area contributed by atoms with E-state index in [1.807, 2.05) is 62.2 Å². The van der Waals surface area contributed by atoms with Crippen molar-refractivity contribution in [2.45, 2.75) is 20.3 Å². The van der Waals surface area contributed by atoms with Gasteiger partial charge in [0.1, 0.15) is 0 Å². The Morgan fingerprint density at radius 3 is 2.19 bits per heavy atom. The minimum absolute atomic E-state index is 0.0100. The molecule has 0 aliphatic rings. The van der Waals surface area contributed by atoms with Gasteiger partial charge in [0, 0.05) is 19.3 Å². The third kappa shape index (κ3) is 7.00. The molecule has 0 atom stereocenters. The number of likely N-dealkylation sites (N-methyl/N-ethyl adjacent to an activating group) is 2. The van der Waals surface area contributed by atoms with E-state index in [1.165, 1.54) is 4.90 Å². The van der Waals surface area contributed by atoms with Crippen LogP contribution in [0.1, 0.15) is 16.7 Å². The van der Waals surface area contributed by atoms with Crippen LogP contribution in [0.4, 0.5) is 5.69 Å². The summed E-state index contributed by atoms with van der Waals surface area (Å²) in [6.45, 7) is 4.84. The first-order valence-corrected chi connectivity index (χ1v) is 10.2. The molecule has 168 valence electrons. The van der Waals surface area contributed by atoms with Gasteiger partial charge in [-0.1, -0.05) is 24.3 Å². The summed E-state index contributed by atoms with van der Waals surface area (Å²) >= 11 is 0. The summed E-state index contributed by atoms with van der Waals surface area (Å²) in [5.74, 6) is 1.07. The van der Waals surface area contributed by atoms with Crippen LogP contribution in [-0.2, 0) is 16.0 Å². The number of anilines is 1. The molecule has 0 radical (unpaired) electrons. The van der Waals surface area contributed by atoms with Crippen LogP contribution in [0.5, 0.6) is 11.5 Å². The number of nitrogens with zero attached hydrogens (tertiary/aromatic N) is 2. The molecule has 0 aliphatic heterocycles. The van der Waals surface area contributed by atoms with Crippen LogP contribution in [0.3, 0.4) is 0 Å². The van der Waals surface area contributed by atoms with Crippen molar-refractivity contribution in [3.05, 3.63) is 53.1 Å². The summed E-state index contributed by atoms with van der Waals surface area (Å²) in [6.07, 6.45) is 0.765. The van der Waals surface area contributed by atoms with Gasteiger partial charge in [-0.15, -0.1) is 0 Å². The van der Waals surface area contributed by atoms with E-state index < -0.39 is 0 Å². The van der Waals surface area contributed by atoms with Crippen LogP contribution in [-0.4, -0.2) is 69.6 Å². The predicted octanol–water partition coefficient (Wildman–Crippen LogP) is 2.89. The molecule has 0 unspecified atom stereocenters. The highest BCUT2D eigenvalue weighted by atomic mass is 16.5. The van der Waals surface area contributed by atoms with Gasteiger partial charge in [0.05, 0.1) is 27.3 Å². The van der Waals surface area contributed by atoms with Gasteiger partial charge >= 0.3 is 0 Å². The van der Waals surface area contributed by atoms with Crippen molar-refractivity contribution in [2.75, 3.05) is 53.3 Å². The molecule has 2 aromatic carbocycles. The third-order valence-electron chi connectivity index (χ3n) is 5.19. The number of carbonyl (C=O) groups excluding carboxylic acids is 2. The number of para-hydroxylation sites is 1. The number of ether oxygens (including phenoxy) is 2. The molecule has 0 heterocycles. The SMILES string of the molecule is COc1ccc(CCN(C)CC(=O)N(C)CC(=O)Nc2c(C)cccc2C)cc1OC. The Labute approximate surface area is 184 Å². The number of hydrogen-bond acceptors (Lipinski definition) is 5. The first-order valence-electron chi connectivity index (χ1n) is 10.2. The number of carbonyl (C=O) groups is 2. The van der Waals surface area contributed by atoms with Crippen LogP contribution < -0.4 is 14.8 Å². The topological polar surface area (TPSA) is 71.1 Å². The molecular formula is C24H33N3O4. The first kappa shape index (κ1) is 24.2. The Kier molecular flexibility index (Phi) is 8.88. The molecule has 0 saturated carbocycles. The minimum Gasteiger partial charge on any atom is -0.493 e. The lowest BCUT2D eigenvalue weighted by Crippen LogP contribution is -2.41. The van der Waals surface area contributed by atoms with Gasteiger partial charge in [-0.2, -0.15) is 0 Å². The Morgan fingerprint density at radius 2 is 1.58 bits per heavy atom. The fourth-order valence-corrected chi connectivity index (χ4v) is 3.28. The molecule has 2 amide bonds. The van der Waals surface area contributed by atoms with E-state index >= 15 is 0 Å². The summed E-state index contributed by atoms with van der Waals surface area (Å²) in [6, 6.07) is 11.7. The zero-order valence-corrected chi connectivity index (χ0v) is 19.3. The lowest BCUT2D eigenvalue weighted by Gasteiger charge is -2.22. The largest absolute Gasteiger partial charge is 0.493 e. The molecule has 0 fully saturated rings. The molecule has 1 N–H and O–H groups in total. The molecule has 7 heteroatoms. The van der Waals surface area contributed by atoms with Crippen molar-refractivity contribution < 1.29 is 19.1 Å². The van der Waals surface area contributed by atoms with Crippen LogP contribution in [0, 0.1) is 13.8 Å². The van der Waals surface area contributed by atoms with Crippen molar-refractivity contribution in [1.82, 2.24) is 9.80 Å². The lowest BCUT2D eigenvalue weighted by atomic mass is 10.1. The van der Waals surface area contributed by atoms with E-state index in [0.717, 1.165) is 28.8 Å². The second-order valence-electron chi connectivity index (χ2n) is 7.74. The van der Waals surface area contributed by atoms with E-state index in [0.29, 0.717) is 18.0 Å². The fraction of sp³-hybridized carbons (Fsp3) is 0.417. The molecule has 0 aromatic heterocycles. The highest BCUT2D eigenvalue weighted by molar-refractivity contribution is 5.95. The van der Waals surface area contributed by atoms with Crippen molar-refractivity contribution >= 4 is 17.5 Å². The zero-order valence-electron chi connectivity index (χ0n) is 19.3. The fourth-order valence-electron chi connectivity index (χ4n) is 3.28. The van der Waals surface area contributed by atoms with Gasteiger partial charge < -0.3 is 19.7 Å². The van der Waals surface area contributed by atoms with Crippen LogP contribution in [0.2, 0.25) is 0 Å². The van der Waals surface area contributed by atoms with E-state index in [2.05, 4.69) is 5.32 Å². The van der Waals surface area contributed by atoms with E-state index in [4.69, 9.17) is 9.47 Å². The first-order chi connectivity index (χ1) is 14.7. The number of amides is 2. The summed E-state index contributed by atoms with van der Waals surface area (Å²) in [4.78, 5) is 28.3. The standard InChI is InChI=1S/C24H33N3O4/c1-17-8-7-9-18(2)24(17)25-22(28)15-27(4)23(29)16-26(3)13-12-19-10-11-20(30-5)21(14-19)31-6/h7-11,14H,12-13,15-16H2,1-6H3,(H,25,28). The zero-order chi connectivity index (χ0) is 23.0. The molecule has 31 heavy (non-hydrogen) atoms. The van der Waals surface area contributed by atoms with Gasteiger partial charge in [-0.25, -0.2) is 0 Å². The molecule has 0 spiro atoms. The predicted molar refractivity (Wildman–Crippen MR) is 123 cm³/mol. The third-order valence-corrected chi connectivity index (χ3v) is 5.19. The Morgan fingerprint density at radius 1 is 0.935 bits per heavy atom. The number of nitrogens with one attached hydrogen (secondary N) is 1. The van der Waals surface area contributed by atoms with Gasteiger partial charge in [0.25, 0.3) is 0 Å². The summed E-state index contributed by atoms with van der Waals surface area (Å²) in [5, 5.41) is 2.92. The van der Waals surface area contributed by atoms with Crippen molar-refractivity contribution in [2.24, 2.45) is 0 Å². The monoisotopic (exact) mass is 427 g/mol. The van der Waals surface area contributed by atoms with Crippen LogP contribution in [0.25, 0.3) is 0 Å². The van der Waals surface area contributed by atoms with Crippen molar-refractivity contribution in [1.29, 1.82) is 0 Å². The van der Waals surface area contributed by atoms with Crippen LogP contribution >= 0.6 is 0 Å². The Balaban J connectivity index is 1.83. The molecule has 0 aliphatic carbocycles. The maximum atomic E-state index is 12.5. The highest BCUT2D eigenvalue weighted by Crippen LogP contribution is 2.27. The molecule has 2 rings (SSSR count). The molecule has 2 aromatic rings. The summed E-state index contributed by atoms with van der Waals surface area (Å²) < 4.78 is 10.6. The van der Waals surface area contributed by atoms with Gasteiger partial charge in [-0.05, 0) is 56.1 Å². The number of aryl methyl sites for hydroxylation is 2. The second kappa shape index (κ2) is 11.4.